The Morgan fingerprint density at radius 2 is 2.15 bits per heavy atom. The largest absolute Gasteiger partial charge is 0.230 e. The van der Waals surface area contributed by atoms with Crippen LogP contribution >= 0.6 is 27.3 Å². The first-order chi connectivity index (χ1) is 6.18. The number of hydrogen-bond acceptors (Lipinski definition) is 4. The van der Waals surface area contributed by atoms with Gasteiger partial charge < -0.3 is 0 Å². The molecule has 2 aromatic heterocycles. The summed E-state index contributed by atoms with van der Waals surface area (Å²) in [5, 5.41) is 2.31. The van der Waals surface area contributed by atoms with Crippen LogP contribution in [0.5, 0.6) is 0 Å². The minimum absolute atomic E-state index is 0.356. The molecule has 2 heterocycles. The Morgan fingerprint density at radius 1 is 1.38 bits per heavy atom. The average molecular weight is 278 g/mol. The van der Waals surface area contributed by atoms with E-state index in [2.05, 4.69) is 20.9 Å². The Bertz CT molecular complexity index is 524. The van der Waals surface area contributed by atoms with Crippen LogP contribution in [-0.4, -0.2) is 13.4 Å². The summed E-state index contributed by atoms with van der Waals surface area (Å²) in [5.41, 5.74) is 0. The summed E-state index contributed by atoms with van der Waals surface area (Å²) in [6, 6.07) is 3.49. The first-order valence-corrected chi connectivity index (χ1v) is 6.21. The van der Waals surface area contributed by atoms with Crippen LogP contribution < -0.4 is 0 Å². The lowest BCUT2D eigenvalue weighted by atomic mass is 10.3. The second-order valence-electron chi connectivity index (χ2n) is 2.36. The van der Waals surface area contributed by atoms with Crippen LogP contribution in [0.3, 0.4) is 0 Å². The van der Waals surface area contributed by atoms with Crippen LogP contribution in [0, 0.1) is 0 Å². The van der Waals surface area contributed by atoms with Crippen LogP contribution in [0.15, 0.2) is 27.0 Å². The molecule has 0 saturated heterocycles. The lowest BCUT2D eigenvalue weighted by molar-refractivity contribution is 0.615. The number of thiophene rings is 1. The molecule has 0 aromatic carbocycles. The van der Waals surface area contributed by atoms with Crippen LogP contribution in [0.2, 0.25) is 0 Å². The van der Waals surface area contributed by atoms with E-state index in [1.165, 1.54) is 11.3 Å². The summed E-state index contributed by atoms with van der Waals surface area (Å²) in [6.45, 7) is 0. The Hall–Kier alpha value is -0.460. The van der Waals surface area contributed by atoms with Gasteiger partial charge in [-0.2, -0.15) is 0 Å². The molecular weight excluding hydrogens is 274 g/mol. The Labute approximate surface area is 88.5 Å². The molecule has 0 N–H and O–H groups in total. The molecule has 2 aromatic rings. The Morgan fingerprint density at radius 3 is 2.85 bits per heavy atom. The van der Waals surface area contributed by atoms with Gasteiger partial charge in [0, 0.05) is 10.8 Å². The van der Waals surface area contributed by atoms with Gasteiger partial charge in [0.1, 0.15) is 9.43 Å². The van der Waals surface area contributed by atoms with E-state index in [0.29, 0.717) is 10.3 Å². The summed E-state index contributed by atoms with van der Waals surface area (Å²) < 4.78 is 22.2. The fourth-order valence-electron chi connectivity index (χ4n) is 1.02. The van der Waals surface area contributed by atoms with Crippen molar-refractivity contribution in [1.29, 1.82) is 0 Å². The molecule has 0 radical (unpaired) electrons. The van der Waals surface area contributed by atoms with Gasteiger partial charge in [-0.05, 0) is 28.1 Å². The lowest BCUT2D eigenvalue weighted by Crippen LogP contribution is -1.78. The van der Waals surface area contributed by atoms with Crippen molar-refractivity contribution in [2.75, 3.05) is 0 Å². The van der Waals surface area contributed by atoms with Crippen LogP contribution in [0.4, 0.5) is 0 Å². The third kappa shape index (κ3) is 1.61. The molecule has 0 atom stereocenters. The first kappa shape index (κ1) is 9.11. The first-order valence-electron chi connectivity index (χ1n) is 3.36. The van der Waals surface area contributed by atoms with Gasteiger partial charge in [0.25, 0.3) is 0 Å². The molecule has 0 bridgehead atoms. The van der Waals surface area contributed by atoms with Crippen molar-refractivity contribution in [3.8, 4) is 0 Å². The minimum atomic E-state index is -2.51. The maximum Gasteiger partial charge on any atom is 0.169 e. The number of hydrogen-bond donors (Lipinski definition) is 1. The molecule has 0 fully saturated rings. The third-order valence-corrected chi connectivity index (χ3v) is 3.85. The Balaban J connectivity index is 2.83. The molecule has 3 nitrogen and oxygen atoms in total. The van der Waals surface area contributed by atoms with Gasteiger partial charge in [-0.1, -0.05) is 0 Å². The van der Waals surface area contributed by atoms with Crippen molar-refractivity contribution in [2.24, 2.45) is 0 Å². The second kappa shape index (κ2) is 3.36. The van der Waals surface area contributed by atoms with Gasteiger partial charge in [0.2, 0.25) is 0 Å². The van der Waals surface area contributed by atoms with Crippen molar-refractivity contribution >= 4 is 48.2 Å². The number of fused-ring (bicyclic) bond motifs is 1. The number of rotatable bonds is 1. The van der Waals surface area contributed by atoms with E-state index in [1.807, 2.05) is 0 Å². The summed E-state index contributed by atoms with van der Waals surface area (Å²) >= 11 is 4.55. The van der Waals surface area contributed by atoms with Crippen molar-refractivity contribution in [3.63, 3.8) is 0 Å². The van der Waals surface area contributed by atoms with E-state index in [0.717, 1.165) is 9.43 Å². The minimum Gasteiger partial charge on any atom is -0.230 e. The van der Waals surface area contributed by atoms with E-state index < -0.39 is 10.7 Å². The van der Waals surface area contributed by atoms with Gasteiger partial charge in [0.05, 0.1) is 4.90 Å². The number of pyridine rings is 1. The fraction of sp³-hybridized carbons (Fsp3) is 0. The number of halogens is 1. The molecule has 13 heavy (non-hydrogen) atoms. The van der Waals surface area contributed by atoms with E-state index in [9.17, 15) is 8.42 Å². The third-order valence-electron chi connectivity index (χ3n) is 1.58. The molecule has 2 rings (SSSR count). The summed E-state index contributed by atoms with van der Waals surface area (Å²) in [4.78, 5) is 5.24. The molecule has 0 aliphatic heterocycles. The van der Waals surface area contributed by atoms with Crippen molar-refractivity contribution < 1.29 is 8.42 Å². The number of aromatic nitrogens is 1. The normalized spacial score (nSPS) is 11.2. The van der Waals surface area contributed by atoms with E-state index in [4.69, 9.17) is 0 Å². The highest BCUT2D eigenvalue weighted by Gasteiger charge is 2.06. The van der Waals surface area contributed by atoms with Gasteiger partial charge in [-0.25, -0.2) is 13.4 Å². The van der Waals surface area contributed by atoms with Crippen LogP contribution in [-0.2, 0) is 10.7 Å². The maximum absolute atomic E-state index is 10.8. The highest BCUT2D eigenvalue weighted by molar-refractivity contribution is 9.10. The topological polar surface area (TPSA) is 47.0 Å². The van der Waals surface area contributed by atoms with Gasteiger partial charge in [0.15, 0.2) is 10.7 Å². The summed E-state index contributed by atoms with van der Waals surface area (Å²) in [5.74, 6) is 0. The van der Waals surface area contributed by atoms with Gasteiger partial charge >= 0.3 is 0 Å². The molecule has 68 valence electrons. The average Bonchev–Trinajstić information content (AvgIpc) is 2.46. The zero-order valence-corrected chi connectivity index (χ0v) is 9.53. The monoisotopic (exact) mass is 277 g/mol. The molecule has 0 aliphatic rings. The van der Waals surface area contributed by atoms with Gasteiger partial charge in [-0.15, -0.1) is 11.3 Å². The van der Waals surface area contributed by atoms with E-state index in [-0.39, 0.29) is 0 Å². The zero-order valence-electron chi connectivity index (χ0n) is 6.23. The predicted octanol–water partition coefficient (Wildman–Crippen LogP) is 2.03. The summed E-state index contributed by atoms with van der Waals surface area (Å²) in [7, 11) is -2.51. The summed E-state index contributed by atoms with van der Waals surface area (Å²) in [6.07, 6.45) is 0. The van der Waals surface area contributed by atoms with Gasteiger partial charge in [-0.3, -0.25) is 0 Å². The molecular formula is C7H4BrNO2S2. The van der Waals surface area contributed by atoms with Crippen LogP contribution in [0.25, 0.3) is 10.2 Å². The lowest BCUT2D eigenvalue weighted by Gasteiger charge is -1.90. The molecule has 0 aliphatic carbocycles. The molecule has 0 saturated carbocycles. The Kier molecular flexibility index (Phi) is 2.35. The van der Waals surface area contributed by atoms with E-state index in [1.54, 1.807) is 17.5 Å². The predicted molar refractivity (Wildman–Crippen MR) is 55.9 cm³/mol. The molecule has 0 unspecified atom stereocenters. The van der Waals surface area contributed by atoms with Crippen molar-refractivity contribution in [1.82, 2.24) is 4.98 Å². The number of nitrogens with zero attached hydrogens (tertiary/aromatic N) is 1. The second-order valence-corrected chi connectivity index (χ2v) is 5.03. The maximum atomic E-state index is 10.8. The standard InChI is InChI=1S/C7H4BrNO2S2/c8-6-2-1-4-5(13(10)11)3-12-7(4)9-6/h1-3,13H. The van der Waals surface area contributed by atoms with Crippen molar-refractivity contribution in [2.45, 2.75) is 4.90 Å². The molecule has 0 spiro atoms. The highest BCUT2D eigenvalue weighted by atomic mass is 79.9. The highest BCUT2D eigenvalue weighted by Crippen LogP contribution is 2.26. The van der Waals surface area contributed by atoms with Crippen LogP contribution in [0.1, 0.15) is 0 Å². The quantitative estimate of drug-likeness (QED) is 0.641. The van der Waals surface area contributed by atoms with Crippen molar-refractivity contribution in [3.05, 3.63) is 22.1 Å². The SMILES string of the molecule is O=[SH](=O)c1csc2nc(Br)ccc12. The fourth-order valence-corrected chi connectivity index (χ4v) is 3.21. The molecule has 0 amide bonds. The smallest absolute Gasteiger partial charge is 0.169 e. The van der Waals surface area contributed by atoms with E-state index >= 15 is 0 Å². The zero-order chi connectivity index (χ0) is 9.42. The number of thiol groups is 1. The molecule has 6 heteroatoms.